The minimum atomic E-state index is -0.799. The Kier molecular flexibility index (Phi) is 9.95. The summed E-state index contributed by atoms with van der Waals surface area (Å²) >= 11 is 12.6. The van der Waals surface area contributed by atoms with Gasteiger partial charge in [-0.05, 0) is 56.2 Å². The van der Waals surface area contributed by atoms with E-state index < -0.39 is 12.0 Å². The lowest BCUT2D eigenvalue weighted by atomic mass is 9.94. The van der Waals surface area contributed by atoms with Crippen molar-refractivity contribution in [2.45, 2.75) is 26.3 Å². The lowest BCUT2D eigenvalue weighted by Crippen LogP contribution is -2.51. The summed E-state index contributed by atoms with van der Waals surface area (Å²) in [5.41, 5.74) is 2.03. The van der Waals surface area contributed by atoms with Crippen LogP contribution in [0.25, 0.3) is 0 Å². The van der Waals surface area contributed by atoms with Gasteiger partial charge in [0.25, 0.3) is 5.91 Å². The Morgan fingerprint density at radius 1 is 1.05 bits per heavy atom. The molecule has 0 bridgehead atoms. The Bertz CT molecular complexity index is 1300. The zero-order valence-corrected chi connectivity index (χ0v) is 24.4. The number of ether oxygens (including phenoxy) is 2. The molecule has 2 aliphatic rings. The molecule has 1 atom stereocenters. The molecule has 214 valence electrons. The molecule has 1 fully saturated rings. The number of rotatable bonds is 8. The first kappa shape index (κ1) is 29.7. The molecule has 2 aromatic rings. The molecule has 4 rings (SSSR count). The van der Waals surface area contributed by atoms with E-state index in [4.69, 9.17) is 32.7 Å². The van der Waals surface area contributed by atoms with Gasteiger partial charge in [0.05, 0.1) is 25.3 Å². The van der Waals surface area contributed by atoms with Gasteiger partial charge < -0.3 is 19.7 Å². The molecule has 2 heterocycles. The standard InChI is InChI=1S/C29H34Cl2N4O5/c1-4-35-24(18-33-12-7-13-34(15-14-33)27(36)19-8-6-9-21(16-19)39-3)25(28(37)40-5-2)26(32-29(35)38)22-11-10-20(30)17-23(22)31/h6,8-11,16-17,26H,4-5,7,12-15,18H2,1-3H3,(H,32,38). The lowest BCUT2D eigenvalue weighted by Gasteiger charge is -2.38. The number of nitrogens with one attached hydrogen (secondary N) is 1. The van der Waals surface area contributed by atoms with Crippen LogP contribution in [0.15, 0.2) is 53.7 Å². The van der Waals surface area contributed by atoms with Crippen LogP contribution < -0.4 is 10.1 Å². The zero-order chi connectivity index (χ0) is 28.8. The fraction of sp³-hybridized carbons (Fsp3) is 0.414. The smallest absolute Gasteiger partial charge is 0.338 e. The number of hydrogen-bond acceptors (Lipinski definition) is 6. The van der Waals surface area contributed by atoms with Gasteiger partial charge in [0, 0.05) is 60.6 Å². The number of urea groups is 1. The number of likely N-dealkylation sites (N-methyl/N-ethyl adjacent to an activating group) is 1. The monoisotopic (exact) mass is 588 g/mol. The highest BCUT2D eigenvalue weighted by Crippen LogP contribution is 2.36. The van der Waals surface area contributed by atoms with Crippen LogP contribution in [0, 0.1) is 0 Å². The molecule has 1 unspecified atom stereocenters. The molecule has 0 spiro atoms. The van der Waals surface area contributed by atoms with Crippen molar-refractivity contribution in [3.05, 3.63) is 74.9 Å². The summed E-state index contributed by atoms with van der Waals surface area (Å²) in [5, 5.41) is 3.72. The lowest BCUT2D eigenvalue weighted by molar-refractivity contribution is -0.139. The fourth-order valence-electron chi connectivity index (χ4n) is 5.11. The number of methoxy groups -OCH3 is 1. The zero-order valence-electron chi connectivity index (χ0n) is 22.9. The average molecular weight is 590 g/mol. The number of carbonyl (C=O) groups excluding carboxylic acids is 3. The maximum absolute atomic E-state index is 13.4. The predicted molar refractivity (Wildman–Crippen MR) is 154 cm³/mol. The third kappa shape index (κ3) is 6.54. The van der Waals surface area contributed by atoms with Gasteiger partial charge >= 0.3 is 12.0 Å². The van der Waals surface area contributed by atoms with E-state index in [1.54, 1.807) is 61.4 Å². The molecular formula is C29H34Cl2N4O5. The van der Waals surface area contributed by atoms with E-state index in [1.165, 1.54) is 0 Å². The maximum atomic E-state index is 13.4. The Labute approximate surface area is 244 Å². The number of hydrogen-bond donors (Lipinski definition) is 1. The van der Waals surface area contributed by atoms with Gasteiger partial charge in [0.15, 0.2) is 0 Å². The molecule has 40 heavy (non-hydrogen) atoms. The van der Waals surface area contributed by atoms with Crippen molar-refractivity contribution in [3.8, 4) is 5.75 Å². The molecule has 3 amide bonds. The topological polar surface area (TPSA) is 91.4 Å². The van der Waals surface area contributed by atoms with E-state index in [-0.39, 0.29) is 18.5 Å². The van der Waals surface area contributed by atoms with Gasteiger partial charge in [-0.15, -0.1) is 0 Å². The highest BCUT2D eigenvalue weighted by molar-refractivity contribution is 6.35. The van der Waals surface area contributed by atoms with Crippen LogP contribution in [-0.2, 0) is 9.53 Å². The first-order chi connectivity index (χ1) is 19.3. The van der Waals surface area contributed by atoms with Crippen molar-refractivity contribution < 1.29 is 23.9 Å². The number of nitrogens with zero attached hydrogens (tertiary/aromatic N) is 3. The largest absolute Gasteiger partial charge is 0.497 e. The quantitative estimate of drug-likeness (QED) is 0.447. The fourth-order valence-corrected chi connectivity index (χ4v) is 5.63. The molecule has 0 aliphatic carbocycles. The van der Waals surface area contributed by atoms with Crippen molar-refractivity contribution in [2.75, 3.05) is 53.0 Å². The van der Waals surface area contributed by atoms with E-state index in [9.17, 15) is 14.4 Å². The van der Waals surface area contributed by atoms with Gasteiger partial charge in [0.1, 0.15) is 5.75 Å². The van der Waals surface area contributed by atoms with E-state index in [0.717, 1.165) is 6.42 Å². The van der Waals surface area contributed by atoms with Crippen LogP contribution in [0.4, 0.5) is 4.79 Å². The molecule has 0 aromatic heterocycles. The van der Waals surface area contributed by atoms with Gasteiger partial charge in [0.2, 0.25) is 0 Å². The molecule has 2 aliphatic heterocycles. The first-order valence-corrected chi connectivity index (χ1v) is 14.1. The van der Waals surface area contributed by atoms with Crippen molar-refractivity contribution in [1.29, 1.82) is 0 Å². The van der Waals surface area contributed by atoms with Crippen LogP contribution in [0.3, 0.4) is 0 Å². The van der Waals surface area contributed by atoms with Crippen LogP contribution in [0.5, 0.6) is 5.75 Å². The number of esters is 1. The van der Waals surface area contributed by atoms with E-state index in [0.29, 0.717) is 77.5 Å². The summed E-state index contributed by atoms with van der Waals surface area (Å²) in [6.45, 7) is 6.83. The Morgan fingerprint density at radius 3 is 2.55 bits per heavy atom. The van der Waals surface area contributed by atoms with Crippen molar-refractivity contribution in [2.24, 2.45) is 0 Å². The SMILES string of the molecule is CCOC(=O)C1=C(CN2CCCN(C(=O)c3cccc(OC)c3)CC2)N(CC)C(=O)NC1c1ccc(Cl)cc1Cl. The average Bonchev–Trinajstić information content (AvgIpc) is 3.18. The second-order valence-corrected chi connectivity index (χ2v) is 10.4. The van der Waals surface area contributed by atoms with Gasteiger partial charge in [-0.3, -0.25) is 14.6 Å². The second-order valence-electron chi connectivity index (χ2n) is 9.53. The summed E-state index contributed by atoms with van der Waals surface area (Å²) in [5.74, 6) is 0.0553. The van der Waals surface area contributed by atoms with Gasteiger partial charge in [-0.1, -0.05) is 35.3 Å². The molecular weight excluding hydrogens is 555 g/mol. The molecule has 0 saturated carbocycles. The minimum absolute atomic E-state index is 0.0585. The molecule has 1 saturated heterocycles. The maximum Gasteiger partial charge on any atom is 0.338 e. The summed E-state index contributed by atoms with van der Waals surface area (Å²) < 4.78 is 10.7. The summed E-state index contributed by atoms with van der Waals surface area (Å²) in [6.07, 6.45) is 0.739. The van der Waals surface area contributed by atoms with E-state index >= 15 is 0 Å². The third-order valence-electron chi connectivity index (χ3n) is 7.09. The highest BCUT2D eigenvalue weighted by atomic mass is 35.5. The highest BCUT2D eigenvalue weighted by Gasteiger charge is 2.39. The van der Waals surface area contributed by atoms with Crippen LogP contribution in [0.2, 0.25) is 10.0 Å². The summed E-state index contributed by atoms with van der Waals surface area (Å²) in [6, 6.07) is 11.0. The number of carbonyl (C=O) groups is 3. The molecule has 1 N–H and O–H groups in total. The Morgan fingerprint density at radius 2 is 1.85 bits per heavy atom. The summed E-state index contributed by atoms with van der Waals surface area (Å²) in [4.78, 5) is 45.4. The van der Waals surface area contributed by atoms with Crippen molar-refractivity contribution in [1.82, 2.24) is 20.0 Å². The molecule has 0 radical (unpaired) electrons. The second kappa shape index (κ2) is 13.4. The Hall–Kier alpha value is -3.27. The van der Waals surface area contributed by atoms with E-state index in [1.807, 2.05) is 11.8 Å². The van der Waals surface area contributed by atoms with Crippen LogP contribution >= 0.6 is 23.2 Å². The number of halogens is 2. The van der Waals surface area contributed by atoms with Crippen molar-refractivity contribution in [3.63, 3.8) is 0 Å². The van der Waals surface area contributed by atoms with Crippen LogP contribution in [-0.4, -0.2) is 85.6 Å². The minimum Gasteiger partial charge on any atom is -0.497 e. The van der Waals surface area contributed by atoms with Gasteiger partial charge in [-0.25, -0.2) is 9.59 Å². The molecule has 9 nitrogen and oxygen atoms in total. The Balaban J connectivity index is 1.63. The van der Waals surface area contributed by atoms with Gasteiger partial charge in [-0.2, -0.15) is 0 Å². The third-order valence-corrected chi connectivity index (χ3v) is 7.65. The first-order valence-electron chi connectivity index (χ1n) is 13.4. The molecule has 2 aromatic carbocycles. The van der Waals surface area contributed by atoms with E-state index in [2.05, 4.69) is 10.2 Å². The number of benzene rings is 2. The van der Waals surface area contributed by atoms with Crippen molar-refractivity contribution >= 4 is 41.1 Å². The summed E-state index contributed by atoms with van der Waals surface area (Å²) in [7, 11) is 1.57. The number of amides is 3. The molecule has 11 heteroatoms. The predicted octanol–water partition coefficient (Wildman–Crippen LogP) is 4.75. The van der Waals surface area contributed by atoms with Crippen LogP contribution in [0.1, 0.15) is 42.2 Å². The normalized spacial score (nSPS) is 18.3.